The number of benzene rings is 1. The molecule has 2 atom stereocenters. The molecule has 20 heavy (non-hydrogen) atoms. The van der Waals surface area contributed by atoms with Gasteiger partial charge in [0.15, 0.2) is 0 Å². The molecule has 0 bridgehead atoms. The summed E-state index contributed by atoms with van der Waals surface area (Å²) in [6.45, 7) is 5.01. The molecule has 1 aliphatic rings. The van der Waals surface area contributed by atoms with E-state index in [2.05, 4.69) is 38.1 Å². The number of carbonyl (C=O) groups is 1. The second kappa shape index (κ2) is 6.23. The quantitative estimate of drug-likeness (QED) is 0.857. The van der Waals surface area contributed by atoms with Gasteiger partial charge in [0.1, 0.15) is 0 Å². The van der Waals surface area contributed by atoms with Crippen molar-refractivity contribution in [1.29, 1.82) is 0 Å². The molecule has 2 N–H and O–H groups in total. The van der Waals surface area contributed by atoms with Gasteiger partial charge in [0.2, 0.25) is 5.91 Å². The van der Waals surface area contributed by atoms with Crippen LogP contribution in [0.25, 0.3) is 0 Å². The van der Waals surface area contributed by atoms with Crippen molar-refractivity contribution >= 4 is 5.91 Å². The van der Waals surface area contributed by atoms with Gasteiger partial charge in [0, 0.05) is 19.6 Å². The number of nitrogens with zero attached hydrogens (tertiary/aromatic N) is 1. The molecule has 1 amide bonds. The Kier molecular flexibility index (Phi) is 4.61. The summed E-state index contributed by atoms with van der Waals surface area (Å²) >= 11 is 0. The number of nitrogens with two attached hydrogens (primary N) is 1. The highest BCUT2D eigenvalue weighted by Gasteiger charge is 2.25. The Morgan fingerprint density at radius 2 is 1.95 bits per heavy atom. The van der Waals surface area contributed by atoms with Gasteiger partial charge in [-0.3, -0.25) is 4.79 Å². The topological polar surface area (TPSA) is 46.3 Å². The van der Waals surface area contributed by atoms with Gasteiger partial charge in [-0.05, 0) is 23.5 Å². The molecule has 2 rings (SSSR count). The van der Waals surface area contributed by atoms with Crippen LogP contribution in [0, 0.1) is 5.92 Å². The van der Waals surface area contributed by atoms with E-state index in [1.54, 1.807) is 4.90 Å². The van der Waals surface area contributed by atoms with E-state index in [0.717, 1.165) is 12.0 Å². The first-order chi connectivity index (χ1) is 9.47. The zero-order valence-corrected chi connectivity index (χ0v) is 12.5. The summed E-state index contributed by atoms with van der Waals surface area (Å²) in [6, 6.07) is 8.53. The van der Waals surface area contributed by atoms with Gasteiger partial charge in [0.05, 0.1) is 5.92 Å². The van der Waals surface area contributed by atoms with E-state index in [1.165, 1.54) is 5.56 Å². The Hall–Kier alpha value is -1.61. The average molecular weight is 272 g/mol. The van der Waals surface area contributed by atoms with Crippen LogP contribution in [0.2, 0.25) is 0 Å². The molecule has 0 heterocycles. The highest BCUT2D eigenvalue weighted by molar-refractivity contribution is 5.81. The van der Waals surface area contributed by atoms with Crippen LogP contribution in [-0.2, 0) is 11.3 Å². The first kappa shape index (κ1) is 14.8. The molecule has 108 valence electrons. The SMILES string of the molecule is CC(C)c1ccc(CN(C)C(=O)C2C=CC(N)C2)cc1. The molecule has 3 heteroatoms. The van der Waals surface area contributed by atoms with Crippen LogP contribution in [0.15, 0.2) is 36.4 Å². The minimum atomic E-state index is -0.0510. The first-order valence-electron chi connectivity index (χ1n) is 7.25. The maximum Gasteiger partial charge on any atom is 0.229 e. The third kappa shape index (κ3) is 3.48. The van der Waals surface area contributed by atoms with E-state index in [4.69, 9.17) is 5.73 Å². The van der Waals surface area contributed by atoms with Crippen molar-refractivity contribution in [3.63, 3.8) is 0 Å². The summed E-state index contributed by atoms with van der Waals surface area (Å²) in [5.74, 6) is 0.639. The standard InChI is InChI=1S/C17H24N2O/c1-12(2)14-6-4-13(5-7-14)11-19(3)17(20)15-8-9-16(18)10-15/h4-9,12,15-16H,10-11,18H2,1-3H3. The lowest BCUT2D eigenvalue weighted by Gasteiger charge is -2.21. The smallest absolute Gasteiger partial charge is 0.229 e. The summed E-state index contributed by atoms with van der Waals surface area (Å²) in [4.78, 5) is 14.1. The minimum Gasteiger partial charge on any atom is -0.341 e. The van der Waals surface area contributed by atoms with Gasteiger partial charge in [0.25, 0.3) is 0 Å². The Labute approximate surface area is 121 Å². The molecule has 1 aliphatic carbocycles. The lowest BCUT2D eigenvalue weighted by atomic mass is 10.0. The highest BCUT2D eigenvalue weighted by atomic mass is 16.2. The normalized spacial score (nSPS) is 21.4. The summed E-state index contributed by atoms with van der Waals surface area (Å²) in [5.41, 5.74) is 8.29. The van der Waals surface area contributed by atoms with Crippen molar-refractivity contribution in [2.45, 2.75) is 38.8 Å². The average Bonchev–Trinajstić information content (AvgIpc) is 2.85. The Morgan fingerprint density at radius 1 is 1.30 bits per heavy atom. The Morgan fingerprint density at radius 3 is 2.45 bits per heavy atom. The Bertz CT molecular complexity index is 490. The highest BCUT2D eigenvalue weighted by Crippen LogP contribution is 2.20. The van der Waals surface area contributed by atoms with Crippen LogP contribution in [0.4, 0.5) is 0 Å². The number of hydrogen-bond acceptors (Lipinski definition) is 2. The van der Waals surface area contributed by atoms with Crippen LogP contribution in [0.5, 0.6) is 0 Å². The molecular weight excluding hydrogens is 248 g/mol. The largest absolute Gasteiger partial charge is 0.341 e. The maximum absolute atomic E-state index is 12.3. The van der Waals surface area contributed by atoms with Gasteiger partial charge < -0.3 is 10.6 Å². The van der Waals surface area contributed by atoms with E-state index < -0.39 is 0 Å². The van der Waals surface area contributed by atoms with Crippen LogP contribution < -0.4 is 5.73 Å². The van der Waals surface area contributed by atoms with E-state index in [0.29, 0.717) is 12.5 Å². The van der Waals surface area contributed by atoms with Gasteiger partial charge in [-0.15, -0.1) is 0 Å². The molecule has 1 aromatic carbocycles. The van der Waals surface area contributed by atoms with E-state index in [9.17, 15) is 4.79 Å². The summed E-state index contributed by atoms with van der Waals surface area (Å²) < 4.78 is 0. The number of carbonyl (C=O) groups excluding carboxylic acids is 1. The second-order valence-corrected chi connectivity index (χ2v) is 5.98. The molecule has 2 unspecified atom stereocenters. The number of amides is 1. The van der Waals surface area contributed by atoms with Crippen LogP contribution in [0.1, 0.15) is 37.3 Å². The lowest BCUT2D eigenvalue weighted by Crippen LogP contribution is -2.32. The van der Waals surface area contributed by atoms with Crippen molar-refractivity contribution in [3.05, 3.63) is 47.5 Å². The van der Waals surface area contributed by atoms with Crippen LogP contribution in [0.3, 0.4) is 0 Å². The van der Waals surface area contributed by atoms with E-state index >= 15 is 0 Å². The molecule has 0 saturated carbocycles. The number of rotatable bonds is 4. The molecule has 0 fully saturated rings. The zero-order valence-electron chi connectivity index (χ0n) is 12.5. The molecular formula is C17H24N2O. The monoisotopic (exact) mass is 272 g/mol. The minimum absolute atomic E-state index is 0.0303. The zero-order chi connectivity index (χ0) is 14.7. The predicted molar refractivity (Wildman–Crippen MR) is 82.2 cm³/mol. The van der Waals surface area contributed by atoms with Gasteiger partial charge >= 0.3 is 0 Å². The van der Waals surface area contributed by atoms with E-state index in [1.807, 2.05) is 19.2 Å². The van der Waals surface area contributed by atoms with Crippen molar-refractivity contribution in [1.82, 2.24) is 4.90 Å². The molecule has 3 nitrogen and oxygen atoms in total. The van der Waals surface area contributed by atoms with Crippen molar-refractivity contribution < 1.29 is 4.79 Å². The van der Waals surface area contributed by atoms with Crippen molar-refractivity contribution in [3.8, 4) is 0 Å². The fourth-order valence-corrected chi connectivity index (χ4v) is 2.55. The van der Waals surface area contributed by atoms with Crippen LogP contribution in [-0.4, -0.2) is 23.9 Å². The third-order valence-electron chi connectivity index (χ3n) is 3.88. The van der Waals surface area contributed by atoms with Crippen molar-refractivity contribution in [2.75, 3.05) is 7.05 Å². The van der Waals surface area contributed by atoms with Gasteiger partial charge in [-0.1, -0.05) is 50.3 Å². The molecule has 0 saturated heterocycles. The second-order valence-electron chi connectivity index (χ2n) is 5.98. The maximum atomic E-state index is 12.3. The number of hydrogen-bond donors (Lipinski definition) is 1. The van der Waals surface area contributed by atoms with Gasteiger partial charge in [-0.2, -0.15) is 0 Å². The predicted octanol–water partition coefficient (Wildman–Crippen LogP) is 2.67. The fourth-order valence-electron chi connectivity index (χ4n) is 2.55. The summed E-state index contributed by atoms with van der Waals surface area (Å²) in [6.07, 6.45) is 4.59. The molecule has 0 aliphatic heterocycles. The first-order valence-corrected chi connectivity index (χ1v) is 7.25. The fraction of sp³-hybridized carbons (Fsp3) is 0.471. The van der Waals surface area contributed by atoms with Gasteiger partial charge in [-0.25, -0.2) is 0 Å². The lowest BCUT2D eigenvalue weighted by molar-refractivity contribution is -0.133. The molecule has 1 aromatic rings. The molecule has 0 spiro atoms. The molecule has 0 aromatic heterocycles. The summed E-state index contributed by atoms with van der Waals surface area (Å²) in [7, 11) is 1.86. The third-order valence-corrected chi connectivity index (χ3v) is 3.88. The van der Waals surface area contributed by atoms with Crippen LogP contribution >= 0.6 is 0 Å². The van der Waals surface area contributed by atoms with E-state index in [-0.39, 0.29) is 17.9 Å². The molecule has 0 radical (unpaired) electrons. The Balaban J connectivity index is 1.95. The van der Waals surface area contributed by atoms with Crippen molar-refractivity contribution in [2.24, 2.45) is 11.7 Å². The summed E-state index contributed by atoms with van der Waals surface area (Å²) in [5, 5.41) is 0.